The Labute approximate surface area is 108 Å². The fourth-order valence-corrected chi connectivity index (χ4v) is 1.80. The average molecular weight is 253 g/mol. The summed E-state index contributed by atoms with van der Waals surface area (Å²) in [7, 11) is 0. The Kier molecular flexibility index (Phi) is 5.34. The molecule has 1 aromatic heterocycles. The Morgan fingerprint density at radius 3 is 2.56 bits per heavy atom. The minimum atomic E-state index is -0.137. The molecular weight excluding hydrogens is 230 g/mol. The molecule has 1 rings (SSSR count). The number of amides is 1. The van der Waals surface area contributed by atoms with Crippen molar-refractivity contribution in [2.24, 2.45) is 17.6 Å². The van der Waals surface area contributed by atoms with Crippen molar-refractivity contribution in [3.8, 4) is 0 Å². The molecule has 18 heavy (non-hydrogen) atoms. The summed E-state index contributed by atoms with van der Waals surface area (Å²) in [6.45, 7) is 8.59. The van der Waals surface area contributed by atoms with Gasteiger partial charge in [-0.1, -0.05) is 13.8 Å². The van der Waals surface area contributed by atoms with Gasteiger partial charge in [-0.05, 0) is 26.2 Å². The molecule has 0 aromatic carbocycles. The molecule has 0 saturated heterocycles. The summed E-state index contributed by atoms with van der Waals surface area (Å²) in [6, 6.07) is 0. The van der Waals surface area contributed by atoms with Gasteiger partial charge in [0.05, 0.1) is 18.2 Å². The molecule has 0 spiro atoms. The van der Waals surface area contributed by atoms with E-state index >= 15 is 0 Å². The minimum absolute atomic E-state index is 0.0280. The number of carbonyl (C=O) groups excluding carboxylic acids is 1. The lowest BCUT2D eigenvalue weighted by atomic mass is 9.96. The van der Waals surface area contributed by atoms with Gasteiger partial charge in [-0.3, -0.25) is 4.79 Å². The third kappa shape index (κ3) is 4.14. The molecule has 1 aromatic rings. The second-order valence-electron chi connectivity index (χ2n) is 5.03. The molecule has 0 aliphatic rings. The summed E-state index contributed by atoms with van der Waals surface area (Å²) in [4.78, 5) is 16.1. The number of nitrogens with two attached hydrogens (primary N) is 1. The zero-order valence-electron chi connectivity index (χ0n) is 11.6. The SMILES string of the molecule is Cc1nc(CNC(=O)C(CN)CC(C)C)oc1C. The number of hydrogen-bond acceptors (Lipinski definition) is 4. The number of rotatable bonds is 6. The monoisotopic (exact) mass is 253 g/mol. The first-order chi connectivity index (χ1) is 8.43. The largest absolute Gasteiger partial charge is 0.444 e. The summed E-state index contributed by atoms with van der Waals surface area (Å²) >= 11 is 0. The Hall–Kier alpha value is -1.36. The van der Waals surface area contributed by atoms with Crippen LogP contribution in [0.5, 0.6) is 0 Å². The quantitative estimate of drug-likeness (QED) is 0.805. The molecule has 0 aliphatic carbocycles. The van der Waals surface area contributed by atoms with E-state index in [0.29, 0.717) is 24.9 Å². The van der Waals surface area contributed by atoms with Crippen LogP contribution in [0.1, 0.15) is 37.6 Å². The first kappa shape index (κ1) is 14.7. The van der Waals surface area contributed by atoms with Crippen molar-refractivity contribution >= 4 is 5.91 Å². The summed E-state index contributed by atoms with van der Waals surface area (Å²) in [5.74, 6) is 1.62. The molecule has 0 bridgehead atoms. The molecule has 1 amide bonds. The van der Waals surface area contributed by atoms with Gasteiger partial charge in [0.15, 0.2) is 0 Å². The molecule has 5 nitrogen and oxygen atoms in total. The van der Waals surface area contributed by atoms with E-state index in [1.807, 2.05) is 13.8 Å². The van der Waals surface area contributed by atoms with Crippen LogP contribution in [0.3, 0.4) is 0 Å². The molecule has 5 heteroatoms. The van der Waals surface area contributed by atoms with Crippen LogP contribution in [0.15, 0.2) is 4.42 Å². The normalized spacial score (nSPS) is 12.8. The van der Waals surface area contributed by atoms with Gasteiger partial charge in [0.25, 0.3) is 0 Å². The third-order valence-electron chi connectivity index (χ3n) is 2.90. The minimum Gasteiger partial charge on any atom is -0.444 e. The van der Waals surface area contributed by atoms with Crippen molar-refractivity contribution in [1.82, 2.24) is 10.3 Å². The molecule has 3 N–H and O–H groups in total. The van der Waals surface area contributed by atoms with Crippen molar-refractivity contribution < 1.29 is 9.21 Å². The number of aromatic nitrogens is 1. The van der Waals surface area contributed by atoms with Crippen LogP contribution in [-0.4, -0.2) is 17.4 Å². The molecule has 1 unspecified atom stereocenters. The summed E-state index contributed by atoms with van der Waals surface area (Å²) in [5, 5.41) is 2.82. The van der Waals surface area contributed by atoms with Crippen molar-refractivity contribution in [2.45, 2.75) is 40.7 Å². The Morgan fingerprint density at radius 1 is 1.44 bits per heavy atom. The number of hydrogen-bond donors (Lipinski definition) is 2. The van der Waals surface area contributed by atoms with Gasteiger partial charge >= 0.3 is 0 Å². The fourth-order valence-electron chi connectivity index (χ4n) is 1.80. The molecule has 0 fully saturated rings. The number of oxazole rings is 1. The van der Waals surface area contributed by atoms with Crippen LogP contribution in [0.25, 0.3) is 0 Å². The van der Waals surface area contributed by atoms with E-state index in [-0.39, 0.29) is 11.8 Å². The summed E-state index contributed by atoms with van der Waals surface area (Å²) in [6.07, 6.45) is 0.798. The molecule has 0 saturated carbocycles. The second kappa shape index (κ2) is 6.54. The summed E-state index contributed by atoms with van der Waals surface area (Å²) in [5.41, 5.74) is 6.48. The van der Waals surface area contributed by atoms with E-state index in [0.717, 1.165) is 17.9 Å². The molecular formula is C13H23N3O2. The first-order valence-corrected chi connectivity index (χ1v) is 6.34. The smallest absolute Gasteiger partial charge is 0.224 e. The van der Waals surface area contributed by atoms with Crippen LogP contribution < -0.4 is 11.1 Å². The lowest BCUT2D eigenvalue weighted by Crippen LogP contribution is -2.35. The van der Waals surface area contributed by atoms with E-state index < -0.39 is 0 Å². The van der Waals surface area contributed by atoms with E-state index in [1.54, 1.807) is 0 Å². The Morgan fingerprint density at radius 2 is 2.11 bits per heavy atom. The third-order valence-corrected chi connectivity index (χ3v) is 2.90. The lowest BCUT2D eigenvalue weighted by molar-refractivity contribution is -0.125. The van der Waals surface area contributed by atoms with E-state index in [2.05, 4.69) is 24.1 Å². The Bertz CT molecular complexity index is 379. The van der Waals surface area contributed by atoms with Gasteiger partial charge in [-0.15, -0.1) is 0 Å². The molecule has 102 valence electrons. The van der Waals surface area contributed by atoms with Crippen molar-refractivity contribution in [1.29, 1.82) is 0 Å². The van der Waals surface area contributed by atoms with Crippen LogP contribution in [0.4, 0.5) is 0 Å². The van der Waals surface area contributed by atoms with Gasteiger partial charge in [0.2, 0.25) is 11.8 Å². The van der Waals surface area contributed by atoms with Gasteiger partial charge in [-0.2, -0.15) is 0 Å². The molecule has 1 atom stereocenters. The maximum atomic E-state index is 11.9. The second-order valence-corrected chi connectivity index (χ2v) is 5.03. The van der Waals surface area contributed by atoms with E-state index in [1.165, 1.54) is 0 Å². The Balaban J connectivity index is 2.49. The van der Waals surface area contributed by atoms with Gasteiger partial charge in [-0.25, -0.2) is 4.98 Å². The maximum absolute atomic E-state index is 11.9. The number of nitrogens with zero attached hydrogens (tertiary/aromatic N) is 1. The van der Waals surface area contributed by atoms with E-state index in [9.17, 15) is 4.79 Å². The van der Waals surface area contributed by atoms with E-state index in [4.69, 9.17) is 10.2 Å². The van der Waals surface area contributed by atoms with Crippen molar-refractivity contribution in [3.63, 3.8) is 0 Å². The standard InChI is InChI=1S/C13H23N3O2/c1-8(2)5-11(6-14)13(17)15-7-12-16-9(3)10(4)18-12/h8,11H,5-7,14H2,1-4H3,(H,15,17). The molecule has 0 aliphatic heterocycles. The zero-order valence-corrected chi connectivity index (χ0v) is 11.6. The average Bonchev–Trinajstić information content (AvgIpc) is 2.62. The highest BCUT2D eigenvalue weighted by Gasteiger charge is 2.18. The van der Waals surface area contributed by atoms with Gasteiger partial charge in [0.1, 0.15) is 5.76 Å². The zero-order chi connectivity index (χ0) is 13.7. The number of carbonyl (C=O) groups is 1. The highest BCUT2D eigenvalue weighted by atomic mass is 16.4. The topological polar surface area (TPSA) is 81.2 Å². The first-order valence-electron chi connectivity index (χ1n) is 6.34. The van der Waals surface area contributed by atoms with Crippen molar-refractivity contribution in [2.75, 3.05) is 6.54 Å². The lowest BCUT2D eigenvalue weighted by Gasteiger charge is -2.16. The predicted octanol–water partition coefficient (Wildman–Crippen LogP) is 1.53. The highest BCUT2D eigenvalue weighted by molar-refractivity contribution is 5.78. The van der Waals surface area contributed by atoms with Gasteiger partial charge in [0, 0.05) is 6.54 Å². The van der Waals surface area contributed by atoms with Crippen LogP contribution >= 0.6 is 0 Å². The van der Waals surface area contributed by atoms with Gasteiger partial charge < -0.3 is 15.5 Å². The van der Waals surface area contributed by atoms with Crippen molar-refractivity contribution in [3.05, 3.63) is 17.3 Å². The molecule has 1 heterocycles. The van der Waals surface area contributed by atoms with Crippen LogP contribution in [0.2, 0.25) is 0 Å². The van der Waals surface area contributed by atoms with Crippen LogP contribution in [-0.2, 0) is 11.3 Å². The predicted molar refractivity (Wildman–Crippen MR) is 69.8 cm³/mol. The fraction of sp³-hybridized carbons (Fsp3) is 0.692. The number of aryl methyl sites for hydroxylation is 2. The highest BCUT2D eigenvalue weighted by Crippen LogP contribution is 2.12. The summed E-state index contributed by atoms with van der Waals surface area (Å²) < 4.78 is 5.40. The van der Waals surface area contributed by atoms with Crippen LogP contribution in [0, 0.1) is 25.7 Å². The molecule has 0 radical (unpaired) electrons. The number of nitrogens with one attached hydrogen (secondary N) is 1. The maximum Gasteiger partial charge on any atom is 0.224 e.